The molecule has 0 aromatic rings. The summed E-state index contributed by atoms with van der Waals surface area (Å²) in [6.07, 6.45) is 5.24. The second-order valence-corrected chi connectivity index (χ2v) is 3.39. The van der Waals surface area contributed by atoms with E-state index in [9.17, 15) is 15.0 Å². The van der Waals surface area contributed by atoms with Gasteiger partial charge in [0.15, 0.2) is 0 Å². The van der Waals surface area contributed by atoms with Crippen molar-refractivity contribution >= 4 is 5.97 Å². The van der Waals surface area contributed by atoms with Crippen LogP contribution in [0.15, 0.2) is 0 Å². The van der Waals surface area contributed by atoms with Crippen molar-refractivity contribution in [1.29, 1.82) is 0 Å². The zero-order valence-corrected chi connectivity index (χ0v) is 9.29. The molecule has 0 fully saturated rings. The summed E-state index contributed by atoms with van der Waals surface area (Å²) in [4.78, 5) is 10.0. The molecule has 0 aliphatic heterocycles. The predicted octanol–water partition coefficient (Wildman–Crippen LogP) is -2.15. The molecule has 0 aromatic heterocycles. The van der Waals surface area contributed by atoms with Gasteiger partial charge in [-0.1, -0.05) is 26.2 Å². The van der Waals surface area contributed by atoms with Crippen LogP contribution in [0.5, 0.6) is 0 Å². The van der Waals surface area contributed by atoms with Crippen molar-refractivity contribution in [2.45, 2.75) is 58.0 Å². The van der Waals surface area contributed by atoms with Crippen molar-refractivity contribution in [3.63, 3.8) is 0 Å². The second kappa shape index (κ2) is 11.1. The largest absolute Gasteiger partial charge is 1.00 e. The number of carbonyl (C=O) groups is 1. The number of carboxylic acids is 1. The monoisotopic (exact) mass is 194 g/mol. The van der Waals surface area contributed by atoms with Crippen molar-refractivity contribution < 1.29 is 33.9 Å². The first kappa shape index (κ1) is 16.5. The summed E-state index contributed by atoms with van der Waals surface area (Å²) >= 11 is 0. The Morgan fingerprint density at radius 1 is 1.29 bits per heavy atom. The smallest absolute Gasteiger partial charge is 0.550 e. The van der Waals surface area contributed by atoms with Crippen molar-refractivity contribution in [2.75, 3.05) is 0 Å². The van der Waals surface area contributed by atoms with Crippen LogP contribution in [-0.2, 0) is 4.79 Å². The summed E-state index contributed by atoms with van der Waals surface area (Å²) in [6, 6.07) is 0. The van der Waals surface area contributed by atoms with E-state index in [1.165, 1.54) is 0 Å². The first-order valence-corrected chi connectivity index (χ1v) is 5.04. The minimum Gasteiger partial charge on any atom is -0.550 e. The Hall–Kier alpha value is 0.0274. The van der Waals surface area contributed by atoms with Gasteiger partial charge in [0, 0.05) is 5.97 Å². The fraction of sp³-hybridized carbons (Fsp3) is 0.900. The number of hydrogen-bond acceptors (Lipinski definition) is 3. The first-order chi connectivity index (χ1) is 6.16. The molecule has 0 aliphatic rings. The molecule has 0 spiro atoms. The van der Waals surface area contributed by atoms with Crippen LogP contribution < -0.4 is 24.0 Å². The van der Waals surface area contributed by atoms with Gasteiger partial charge in [-0.2, -0.15) is 0 Å². The van der Waals surface area contributed by atoms with Gasteiger partial charge in [-0.3, -0.25) is 0 Å². The third kappa shape index (κ3) is 12.0. The molecule has 0 radical (unpaired) electrons. The Labute approximate surface area is 98.1 Å². The standard InChI is InChI=1S/C10H20O3.Li/c1-2-9(11)7-5-3-4-6-8-10(12)13;/h9,11H,2-8H2,1H3,(H,12,13);/q;+1/p-1. The number of unbranched alkanes of at least 4 members (excludes halogenated alkanes) is 3. The molecule has 0 saturated heterocycles. The molecule has 1 N–H and O–H groups in total. The summed E-state index contributed by atoms with van der Waals surface area (Å²) < 4.78 is 0. The summed E-state index contributed by atoms with van der Waals surface area (Å²) in [6.45, 7) is 1.96. The van der Waals surface area contributed by atoms with Crippen LogP contribution in [0.2, 0.25) is 0 Å². The fourth-order valence-electron chi connectivity index (χ4n) is 1.21. The van der Waals surface area contributed by atoms with Crippen LogP contribution in [0.4, 0.5) is 0 Å². The van der Waals surface area contributed by atoms with Crippen molar-refractivity contribution in [1.82, 2.24) is 0 Å². The van der Waals surface area contributed by atoms with E-state index < -0.39 is 5.97 Å². The molecule has 1 atom stereocenters. The van der Waals surface area contributed by atoms with Crippen LogP contribution >= 0.6 is 0 Å². The van der Waals surface area contributed by atoms with Crippen molar-refractivity contribution in [3.8, 4) is 0 Å². The first-order valence-electron chi connectivity index (χ1n) is 5.04. The Morgan fingerprint density at radius 2 is 1.86 bits per heavy atom. The number of aliphatic hydroxyl groups excluding tert-OH is 1. The molecular weight excluding hydrogens is 175 g/mol. The number of carboxylic acid groups (broad SMARTS) is 1. The van der Waals surface area contributed by atoms with Gasteiger partial charge in [-0.05, 0) is 25.7 Å². The molecular formula is C10H19LiO3. The molecule has 0 bridgehead atoms. The van der Waals surface area contributed by atoms with E-state index in [2.05, 4.69) is 0 Å². The molecule has 14 heavy (non-hydrogen) atoms. The van der Waals surface area contributed by atoms with Gasteiger partial charge in [0.2, 0.25) is 0 Å². The van der Waals surface area contributed by atoms with Gasteiger partial charge < -0.3 is 15.0 Å². The number of aliphatic carboxylic acids is 1. The van der Waals surface area contributed by atoms with Gasteiger partial charge in [0.25, 0.3) is 0 Å². The van der Waals surface area contributed by atoms with E-state index in [4.69, 9.17) is 0 Å². The predicted molar refractivity (Wildman–Crippen MR) is 49.0 cm³/mol. The minimum absolute atomic E-state index is 0. The summed E-state index contributed by atoms with van der Waals surface area (Å²) in [5.74, 6) is -0.964. The molecule has 0 rings (SSSR count). The van der Waals surface area contributed by atoms with E-state index >= 15 is 0 Å². The molecule has 0 amide bonds. The molecule has 0 aromatic carbocycles. The van der Waals surface area contributed by atoms with Gasteiger partial charge in [0.1, 0.15) is 0 Å². The van der Waals surface area contributed by atoms with Gasteiger partial charge in [-0.15, -0.1) is 0 Å². The maximum absolute atomic E-state index is 10.0. The molecule has 1 unspecified atom stereocenters. The van der Waals surface area contributed by atoms with E-state index in [1.807, 2.05) is 6.92 Å². The number of hydrogen-bond donors (Lipinski definition) is 1. The van der Waals surface area contributed by atoms with Crippen LogP contribution in [0.1, 0.15) is 51.9 Å². The zero-order valence-electron chi connectivity index (χ0n) is 9.29. The molecule has 3 nitrogen and oxygen atoms in total. The molecule has 0 aliphatic carbocycles. The van der Waals surface area contributed by atoms with Crippen LogP contribution in [-0.4, -0.2) is 17.2 Å². The molecule has 4 heteroatoms. The van der Waals surface area contributed by atoms with Crippen LogP contribution in [0.3, 0.4) is 0 Å². The molecule has 0 heterocycles. The molecule has 0 saturated carbocycles. The normalized spacial score (nSPS) is 11.9. The number of carbonyl (C=O) groups excluding carboxylic acids is 1. The fourth-order valence-corrected chi connectivity index (χ4v) is 1.21. The maximum atomic E-state index is 10.0. The van der Waals surface area contributed by atoms with E-state index in [-0.39, 0.29) is 31.4 Å². The van der Waals surface area contributed by atoms with E-state index in [1.54, 1.807) is 0 Å². The van der Waals surface area contributed by atoms with Crippen molar-refractivity contribution in [2.24, 2.45) is 0 Å². The number of rotatable bonds is 8. The quantitative estimate of drug-likeness (QED) is 0.354. The maximum Gasteiger partial charge on any atom is 1.00 e. The number of aliphatic hydroxyl groups is 1. The van der Waals surface area contributed by atoms with Gasteiger partial charge >= 0.3 is 18.9 Å². The summed E-state index contributed by atoms with van der Waals surface area (Å²) in [5, 5.41) is 19.2. The Bertz CT molecular complexity index is 139. The SMILES string of the molecule is CCC(O)CCCCCCC(=O)[O-].[Li+]. The van der Waals surface area contributed by atoms with Crippen LogP contribution in [0, 0.1) is 0 Å². The topological polar surface area (TPSA) is 60.4 Å². The Morgan fingerprint density at radius 3 is 2.36 bits per heavy atom. The Kier molecular flexibility index (Phi) is 13.1. The summed E-state index contributed by atoms with van der Waals surface area (Å²) in [7, 11) is 0. The minimum atomic E-state index is -0.964. The van der Waals surface area contributed by atoms with E-state index in [0.717, 1.165) is 32.1 Å². The summed E-state index contributed by atoms with van der Waals surface area (Å²) in [5.41, 5.74) is 0. The Balaban J connectivity index is 0. The average molecular weight is 194 g/mol. The third-order valence-electron chi connectivity index (χ3n) is 2.14. The molecule has 78 valence electrons. The van der Waals surface area contributed by atoms with E-state index in [0.29, 0.717) is 6.42 Å². The van der Waals surface area contributed by atoms with Crippen LogP contribution in [0.25, 0.3) is 0 Å². The zero-order chi connectivity index (χ0) is 10.1. The van der Waals surface area contributed by atoms with Crippen molar-refractivity contribution in [3.05, 3.63) is 0 Å². The third-order valence-corrected chi connectivity index (χ3v) is 2.14. The van der Waals surface area contributed by atoms with Gasteiger partial charge in [0.05, 0.1) is 6.10 Å². The second-order valence-electron chi connectivity index (χ2n) is 3.39. The average Bonchev–Trinajstić information content (AvgIpc) is 2.10. The van der Waals surface area contributed by atoms with Gasteiger partial charge in [-0.25, -0.2) is 0 Å².